The summed E-state index contributed by atoms with van der Waals surface area (Å²) in [7, 11) is -3.72. The number of rotatable bonds is 10. The highest BCUT2D eigenvalue weighted by molar-refractivity contribution is 7.92. The fraction of sp³-hybridized carbons (Fsp3) is 0.333. The van der Waals surface area contributed by atoms with Crippen molar-refractivity contribution in [3.8, 4) is 11.5 Å². The second kappa shape index (κ2) is 11.0. The van der Waals surface area contributed by atoms with E-state index in [2.05, 4.69) is 10.5 Å². The molecule has 0 aliphatic heterocycles. The number of hydrogen-bond acceptors (Lipinski definition) is 6. The number of nitrogens with zero attached hydrogens (tertiary/aromatic N) is 2. The Morgan fingerprint density at radius 2 is 1.84 bits per heavy atom. The number of hydrogen-bond donors (Lipinski definition) is 1. The second-order valence-electron chi connectivity index (χ2n) is 6.52. The molecule has 1 amide bonds. The van der Waals surface area contributed by atoms with Gasteiger partial charge in [-0.05, 0) is 62.2 Å². The number of hydrazone groups is 1. The Morgan fingerprint density at radius 1 is 1.16 bits per heavy atom. The summed E-state index contributed by atoms with van der Waals surface area (Å²) in [4.78, 5) is 12.4. The average molecular weight is 468 g/mol. The molecular weight excluding hydrogens is 442 g/mol. The van der Waals surface area contributed by atoms with Crippen LogP contribution in [0.3, 0.4) is 0 Å². The lowest BCUT2D eigenvalue weighted by molar-refractivity contribution is -0.119. The quantitative estimate of drug-likeness (QED) is 0.427. The summed E-state index contributed by atoms with van der Waals surface area (Å²) in [6.45, 7) is 5.98. The molecule has 168 valence electrons. The molecule has 0 aromatic heterocycles. The zero-order chi connectivity index (χ0) is 23.0. The first kappa shape index (κ1) is 24.5. The van der Waals surface area contributed by atoms with Crippen molar-refractivity contribution in [3.05, 3.63) is 52.5 Å². The number of carbonyl (C=O) groups excluding carboxylic acids is 1. The molecule has 0 heterocycles. The first-order valence-electron chi connectivity index (χ1n) is 9.61. The van der Waals surface area contributed by atoms with Gasteiger partial charge in [-0.25, -0.2) is 13.8 Å². The van der Waals surface area contributed by atoms with Crippen LogP contribution < -0.4 is 19.2 Å². The number of halogens is 1. The van der Waals surface area contributed by atoms with E-state index in [-0.39, 0.29) is 0 Å². The number of ether oxygens (including phenoxy) is 2. The fourth-order valence-electron chi connectivity index (χ4n) is 2.74. The van der Waals surface area contributed by atoms with E-state index in [0.717, 1.165) is 10.6 Å². The molecule has 0 spiro atoms. The van der Waals surface area contributed by atoms with Crippen molar-refractivity contribution in [1.82, 2.24) is 5.43 Å². The van der Waals surface area contributed by atoms with Gasteiger partial charge in [0.25, 0.3) is 5.91 Å². The predicted molar refractivity (Wildman–Crippen MR) is 123 cm³/mol. The van der Waals surface area contributed by atoms with Crippen molar-refractivity contribution in [1.29, 1.82) is 0 Å². The SMILES string of the molecule is CCOc1ccc(/C=N\NC(=O)CN(c2cccc(Cl)c2C)S(C)(=O)=O)cc1OCC. The van der Waals surface area contributed by atoms with Gasteiger partial charge in [-0.3, -0.25) is 9.10 Å². The number of anilines is 1. The van der Waals surface area contributed by atoms with E-state index < -0.39 is 22.5 Å². The van der Waals surface area contributed by atoms with Crippen molar-refractivity contribution in [2.75, 3.05) is 30.3 Å². The van der Waals surface area contributed by atoms with Crippen LogP contribution in [-0.2, 0) is 14.8 Å². The number of benzene rings is 2. The van der Waals surface area contributed by atoms with Crippen LogP contribution >= 0.6 is 11.6 Å². The van der Waals surface area contributed by atoms with E-state index in [1.54, 1.807) is 43.3 Å². The minimum absolute atomic E-state index is 0.335. The molecule has 0 unspecified atom stereocenters. The third kappa shape index (κ3) is 6.86. The Kier molecular flexibility index (Phi) is 8.70. The van der Waals surface area contributed by atoms with Crippen molar-refractivity contribution < 1.29 is 22.7 Å². The highest BCUT2D eigenvalue weighted by Gasteiger charge is 2.23. The van der Waals surface area contributed by atoms with Crippen molar-refractivity contribution >= 4 is 39.4 Å². The molecule has 0 aliphatic rings. The summed E-state index contributed by atoms with van der Waals surface area (Å²) in [5.74, 6) is 0.586. The van der Waals surface area contributed by atoms with Gasteiger partial charge in [0.15, 0.2) is 11.5 Å². The standard InChI is InChI=1S/C21H26ClN3O5S/c1-5-29-19-11-10-16(12-20(19)30-6-2)13-23-24-21(26)14-25(31(4,27)28)18-9-7-8-17(22)15(18)3/h7-13H,5-6,14H2,1-4H3,(H,24,26)/b23-13-. The first-order valence-corrected chi connectivity index (χ1v) is 11.8. The summed E-state index contributed by atoms with van der Waals surface area (Å²) in [5, 5.41) is 4.33. The van der Waals surface area contributed by atoms with Gasteiger partial charge >= 0.3 is 0 Å². The third-order valence-electron chi connectivity index (χ3n) is 4.17. The van der Waals surface area contributed by atoms with Gasteiger partial charge < -0.3 is 9.47 Å². The van der Waals surface area contributed by atoms with Gasteiger partial charge in [-0.15, -0.1) is 0 Å². The van der Waals surface area contributed by atoms with E-state index >= 15 is 0 Å². The minimum Gasteiger partial charge on any atom is -0.490 e. The molecule has 8 nitrogen and oxygen atoms in total. The number of amides is 1. The smallest absolute Gasteiger partial charge is 0.260 e. The Hall–Kier alpha value is -2.78. The number of carbonyl (C=O) groups is 1. The molecule has 0 radical (unpaired) electrons. The van der Waals surface area contributed by atoms with Gasteiger partial charge in [0.2, 0.25) is 10.0 Å². The molecule has 1 N–H and O–H groups in total. The molecule has 0 atom stereocenters. The lowest BCUT2D eigenvalue weighted by atomic mass is 10.2. The lowest BCUT2D eigenvalue weighted by Gasteiger charge is -2.23. The molecule has 0 saturated carbocycles. The normalized spacial score (nSPS) is 11.4. The largest absolute Gasteiger partial charge is 0.490 e. The monoisotopic (exact) mass is 467 g/mol. The van der Waals surface area contributed by atoms with Crippen LogP contribution in [0.1, 0.15) is 25.0 Å². The van der Waals surface area contributed by atoms with Crippen molar-refractivity contribution in [3.63, 3.8) is 0 Å². The first-order chi connectivity index (χ1) is 14.7. The molecule has 0 aliphatic carbocycles. The molecule has 0 bridgehead atoms. The van der Waals surface area contributed by atoms with E-state index in [0.29, 0.717) is 46.5 Å². The second-order valence-corrected chi connectivity index (χ2v) is 8.83. The zero-order valence-electron chi connectivity index (χ0n) is 17.9. The van der Waals surface area contributed by atoms with E-state index in [4.69, 9.17) is 21.1 Å². The van der Waals surface area contributed by atoms with Gasteiger partial charge in [0.05, 0.1) is 31.4 Å². The zero-order valence-corrected chi connectivity index (χ0v) is 19.5. The Labute approximate surface area is 187 Å². The van der Waals surface area contributed by atoms with Crippen LogP contribution in [0.4, 0.5) is 5.69 Å². The molecule has 2 aromatic carbocycles. The summed E-state index contributed by atoms with van der Waals surface area (Å²) in [6, 6.07) is 10.1. The van der Waals surface area contributed by atoms with Crippen LogP contribution in [0.25, 0.3) is 0 Å². The van der Waals surface area contributed by atoms with Gasteiger partial charge in [-0.1, -0.05) is 17.7 Å². The molecule has 2 rings (SSSR count). The molecule has 2 aromatic rings. The van der Waals surface area contributed by atoms with Crippen LogP contribution in [0.2, 0.25) is 5.02 Å². The average Bonchev–Trinajstić information content (AvgIpc) is 2.70. The van der Waals surface area contributed by atoms with Crippen LogP contribution in [0.5, 0.6) is 11.5 Å². The predicted octanol–water partition coefficient (Wildman–Crippen LogP) is 3.36. The van der Waals surface area contributed by atoms with E-state index in [9.17, 15) is 13.2 Å². The summed E-state index contributed by atoms with van der Waals surface area (Å²) < 4.78 is 36.6. The van der Waals surface area contributed by atoms with Gasteiger partial charge in [0, 0.05) is 5.02 Å². The fourth-order valence-corrected chi connectivity index (χ4v) is 3.82. The maximum absolute atomic E-state index is 12.4. The molecule has 31 heavy (non-hydrogen) atoms. The topological polar surface area (TPSA) is 97.3 Å². The summed E-state index contributed by atoms with van der Waals surface area (Å²) in [5.41, 5.74) is 3.92. The molecular formula is C21H26ClN3O5S. The summed E-state index contributed by atoms with van der Waals surface area (Å²) >= 11 is 6.10. The lowest BCUT2D eigenvalue weighted by Crippen LogP contribution is -2.39. The van der Waals surface area contributed by atoms with E-state index in [1.165, 1.54) is 6.21 Å². The molecule has 0 fully saturated rings. The maximum atomic E-state index is 12.4. The van der Waals surface area contributed by atoms with E-state index in [1.807, 2.05) is 13.8 Å². The Balaban J connectivity index is 2.13. The van der Waals surface area contributed by atoms with Crippen molar-refractivity contribution in [2.45, 2.75) is 20.8 Å². The van der Waals surface area contributed by atoms with Crippen LogP contribution in [0, 0.1) is 6.92 Å². The Morgan fingerprint density at radius 3 is 2.48 bits per heavy atom. The number of sulfonamides is 1. The third-order valence-corrected chi connectivity index (χ3v) is 5.70. The van der Waals surface area contributed by atoms with Crippen molar-refractivity contribution in [2.24, 2.45) is 5.10 Å². The number of nitrogens with one attached hydrogen (secondary N) is 1. The highest BCUT2D eigenvalue weighted by atomic mass is 35.5. The van der Waals surface area contributed by atoms with Gasteiger partial charge in [0.1, 0.15) is 6.54 Å². The van der Waals surface area contributed by atoms with Crippen LogP contribution in [0.15, 0.2) is 41.5 Å². The van der Waals surface area contributed by atoms with Gasteiger partial charge in [-0.2, -0.15) is 5.10 Å². The Bertz CT molecular complexity index is 1060. The van der Waals surface area contributed by atoms with Crippen LogP contribution in [-0.4, -0.2) is 46.6 Å². The minimum atomic E-state index is -3.72. The molecule has 10 heteroatoms. The highest BCUT2D eigenvalue weighted by Crippen LogP contribution is 2.29. The summed E-state index contributed by atoms with van der Waals surface area (Å²) in [6.07, 6.45) is 2.46. The molecule has 0 saturated heterocycles. The maximum Gasteiger partial charge on any atom is 0.260 e.